The average molecular weight is 248 g/mol. The van der Waals surface area contributed by atoms with Gasteiger partial charge in [-0.05, 0) is 32.0 Å². The van der Waals surface area contributed by atoms with Crippen LogP contribution in [0, 0.1) is 5.92 Å². The molecule has 1 aliphatic heterocycles. The summed E-state index contributed by atoms with van der Waals surface area (Å²) in [6.45, 7) is 3.49. The number of hydrogen-bond donors (Lipinski definition) is 2. The van der Waals surface area contributed by atoms with Gasteiger partial charge in [0.25, 0.3) is 0 Å². The predicted molar refractivity (Wildman–Crippen MR) is 69.5 cm³/mol. The highest BCUT2D eigenvalue weighted by Crippen LogP contribution is 2.28. The Labute approximate surface area is 107 Å². The molecule has 1 aromatic rings. The van der Waals surface area contributed by atoms with Crippen LogP contribution < -0.4 is 11.5 Å². The van der Waals surface area contributed by atoms with Crippen LogP contribution in [0.4, 0.5) is 0 Å². The average Bonchev–Trinajstić information content (AvgIpc) is 2.79. The number of pyridine rings is 1. The minimum atomic E-state index is -0.220. The zero-order valence-corrected chi connectivity index (χ0v) is 10.6. The van der Waals surface area contributed by atoms with E-state index in [9.17, 15) is 4.79 Å². The van der Waals surface area contributed by atoms with Crippen molar-refractivity contribution in [3.05, 3.63) is 30.1 Å². The molecule has 1 saturated heterocycles. The first-order valence-corrected chi connectivity index (χ1v) is 6.29. The lowest BCUT2D eigenvalue weighted by atomic mass is 10.0. The number of amides is 1. The standard InChI is InChI=1S/C13H20N4O/c1-9(14)12(11-4-2-3-6-16-11)17-7-5-10(8-17)13(15)18/h2-4,6,9-10,12H,5,7-8,14H2,1H3,(H2,15,18). The number of carbonyl (C=O) groups is 1. The van der Waals surface area contributed by atoms with Gasteiger partial charge < -0.3 is 11.5 Å². The Kier molecular flexibility index (Phi) is 3.93. The van der Waals surface area contributed by atoms with E-state index in [-0.39, 0.29) is 23.9 Å². The number of aromatic nitrogens is 1. The summed E-state index contributed by atoms with van der Waals surface area (Å²) >= 11 is 0. The summed E-state index contributed by atoms with van der Waals surface area (Å²) in [5.41, 5.74) is 12.4. The largest absolute Gasteiger partial charge is 0.369 e. The van der Waals surface area contributed by atoms with Crippen LogP contribution in [-0.4, -0.2) is 34.9 Å². The van der Waals surface area contributed by atoms with Crippen LogP contribution in [-0.2, 0) is 4.79 Å². The van der Waals surface area contributed by atoms with Crippen molar-refractivity contribution in [1.29, 1.82) is 0 Å². The molecule has 3 unspecified atom stereocenters. The molecule has 98 valence electrons. The molecule has 1 aromatic heterocycles. The molecule has 5 heteroatoms. The van der Waals surface area contributed by atoms with Crippen molar-refractivity contribution in [3.63, 3.8) is 0 Å². The Morgan fingerprint density at radius 2 is 2.33 bits per heavy atom. The van der Waals surface area contributed by atoms with E-state index < -0.39 is 0 Å². The van der Waals surface area contributed by atoms with Crippen LogP contribution in [0.3, 0.4) is 0 Å². The summed E-state index contributed by atoms with van der Waals surface area (Å²) in [7, 11) is 0. The Hall–Kier alpha value is -1.46. The van der Waals surface area contributed by atoms with Crippen molar-refractivity contribution in [2.75, 3.05) is 13.1 Å². The quantitative estimate of drug-likeness (QED) is 0.801. The minimum absolute atomic E-state index is 0.0356. The number of nitrogens with zero attached hydrogens (tertiary/aromatic N) is 2. The Morgan fingerprint density at radius 1 is 1.56 bits per heavy atom. The second-order valence-corrected chi connectivity index (χ2v) is 4.94. The van der Waals surface area contributed by atoms with Gasteiger partial charge in [0.2, 0.25) is 5.91 Å². The summed E-state index contributed by atoms with van der Waals surface area (Å²) in [6.07, 6.45) is 2.58. The molecular formula is C13H20N4O. The van der Waals surface area contributed by atoms with Gasteiger partial charge >= 0.3 is 0 Å². The lowest BCUT2D eigenvalue weighted by Gasteiger charge is -2.30. The molecule has 0 saturated carbocycles. The first-order chi connectivity index (χ1) is 8.59. The minimum Gasteiger partial charge on any atom is -0.369 e. The van der Waals surface area contributed by atoms with Crippen molar-refractivity contribution in [2.24, 2.45) is 17.4 Å². The van der Waals surface area contributed by atoms with Crippen LogP contribution >= 0.6 is 0 Å². The van der Waals surface area contributed by atoms with Crippen LogP contribution in [0.2, 0.25) is 0 Å². The molecule has 0 aliphatic carbocycles. The smallest absolute Gasteiger partial charge is 0.221 e. The molecule has 18 heavy (non-hydrogen) atoms. The summed E-state index contributed by atoms with van der Waals surface area (Å²) in [6, 6.07) is 5.84. The fourth-order valence-electron chi connectivity index (χ4n) is 2.61. The van der Waals surface area contributed by atoms with Crippen LogP contribution in [0.25, 0.3) is 0 Å². The molecule has 0 aromatic carbocycles. The fourth-order valence-corrected chi connectivity index (χ4v) is 2.61. The van der Waals surface area contributed by atoms with Gasteiger partial charge in [-0.2, -0.15) is 0 Å². The van der Waals surface area contributed by atoms with Gasteiger partial charge in [-0.3, -0.25) is 14.7 Å². The molecule has 1 amide bonds. The summed E-state index contributed by atoms with van der Waals surface area (Å²) in [4.78, 5) is 17.8. The van der Waals surface area contributed by atoms with Crippen molar-refractivity contribution >= 4 is 5.91 Å². The molecule has 2 heterocycles. The predicted octanol–water partition coefficient (Wildman–Crippen LogP) is 0.277. The van der Waals surface area contributed by atoms with Gasteiger partial charge in [-0.25, -0.2) is 0 Å². The third kappa shape index (κ3) is 2.68. The molecule has 2 rings (SSSR count). The maximum atomic E-state index is 11.2. The molecule has 5 nitrogen and oxygen atoms in total. The van der Waals surface area contributed by atoms with E-state index in [1.165, 1.54) is 0 Å². The van der Waals surface area contributed by atoms with Gasteiger partial charge in [0.1, 0.15) is 0 Å². The van der Waals surface area contributed by atoms with Crippen molar-refractivity contribution in [1.82, 2.24) is 9.88 Å². The Morgan fingerprint density at radius 3 is 2.83 bits per heavy atom. The van der Waals surface area contributed by atoms with Crippen molar-refractivity contribution < 1.29 is 4.79 Å². The Balaban J connectivity index is 2.15. The SMILES string of the molecule is CC(N)C(c1ccccn1)N1CCC(C(N)=O)C1. The molecule has 0 radical (unpaired) electrons. The molecule has 1 fully saturated rings. The second kappa shape index (κ2) is 5.46. The number of likely N-dealkylation sites (tertiary alicyclic amines) is 1. The zero-order chi connectivity index (χ0) is 13.1. The first kappa shape index (κ1) is 13.0. The highest BCUT2D eigenvalue weighted by Gasteiger charge is 2.33. The molecule has 3 atom stereocenters. The maximum absolute atomic E-state index is 11.2. The van der Waals surface area contributed by atoms with Gasteiger partial charge in [0.05, 0.1) is 17.7 Å². The molecular weight excluding hydrogens is 228 g/mol. The van der Waals surface area contributed by atoms with E-state index in [1.807, 2.05) is 25.1 Å². The lowest BCUT2D eigenvalue weighted by Crippen LogP contribution is -2.39. The zero-order valence-electron chi connectivity index (χ0n) is 10.6. The van der Waals surface area contributed by atoms with E-state index in [0.717, 1.165) is 18.7 Å². The van der Waals surface area contributed by atoms with E-state index >= 15 is 0 Å². The van der Waals surface area contributed by atoms with Crippen LogP contribution in [0.1, 0.15) is 25.1 Å². The third-order valence-corrected chi connectivity index (χ3v) is 3.50. The number of hydrogen-bond acceptors (Lipinski definition) is 4. The van der Waals surface area contributed by atoms with Gasteiger partial charge in [0, 0.05) is 18.8 Å². The number of primary amides is 1. The summed E-state index contributed by atoms with van der Waals surface area (Å²) in [5.74, 6) is -0.281. The third-order valence-electron chi connectivity index (χ3n) is 3.50. The van der Waals surface area contributed by atoms with E-state index in [2.05, 4.69) is 9.88 Å². The maximum Gasteiger partial charge on any atom is 0.221 e. The number of nitrogens with two attached hydrogens (primary N) is 2. The second-order valence-electron chi connectivity index (χ2n) is 4.94. The lowest BCUT2D eigenvalue weighted by molar-refractivity contribution is -0.121. The van der Waals surface area contributed by atoms with Gasteiger partial charge in [0.15, 0.2) is 0 Å². The van der Waals surface area contributed by atoms with Gasteiger partial charge in [-0.1, -0.05) is 6.07 Å². The van der Waals surface area contributed by atoms with Crippen molar-refractivity contribution in [2.45, 2.75) is 25.4 Å². The monoisotopic (exact) mass is 248 g/mol. The topological polar surface area (TPSA) is 85.2 Å². The molecule has 1 aliphatic rings. The van der Waals surface area contributed by atoms with Crippen LogP contribution in [0.5, 0.6) is 0 Å². The summed E-state index contributed by atoms with van der Waals surface area (Å²) < 4.78 is 0. The molecule has 4 N–H and O–H groups in total. The van der Waals surface area contributed by atoms with E-state index in [0.29, 0.717) is 6.54 Å². The number of rotatable bonds is 4. The van der Waals surface area contributed by atoms with Crippen molar-refractivity contribution in [3.8, 4) is 0 Å². The molecule has 0 spiro atoms. The highest BCUT2D eigenvalue weighted by atomic mass is 16.1. The van der Waals surface area contributed by atoms with Gasteiger partial charge in [-0.15, -0.1) is 0 Å². The highest BCUT2D eigenvalue weighted by molar-refractivity contribution is 5.77. The first-order valence-electron chi connectivity index (χ1n) is 6.29. The summed E-state index contributed by atoms with van der Waals surface area (Å²) in [5, 5.41) is 0. The normalized spacial score (nSPS) is 23.8. The van der Waals surface area contributed by atoms with E-state index in [1.54, 1.807) is 6.20 Å². The Bertz CT molecular complexity index is 407. The van der Waals surface area contributed by atoms with E-state index in [4.69, 9.17) is 11.5 Å². The van der Waals surface area contributed by atoms with Crippen LogP contribution in [0.15, 0.2) is 24.4 Å². The fraction of sp³-hybridized carbons (Fsp3) is 0.538. The molecule has 0 bridgehead atoms. The number of carbonyl (C=O) groups excluding carboxylic acids is 1.